The lowest BCUT2D eigenvalue weighted by molar-refractivity contribution is -0.0730. The SMILES string of the molecule is CCCCCC/C=C/CCCCO[C@@H]1CO[C@H]([C@@H](O)CO)[C@@H]1O. The molecule has 0 spiro atoms. The van der Waals surface area contributed by atoms with E-state index >= 15 is 0 Å². The van der Waals surface area contributed by atoms with Gasteiger partial charge in [0.15, 0.2) is 0 Å². The molecule has 0 amide bonds. The molecule has 4 atom stereocenters. The van der Waals surface area contributed by atoms with Gasteiger partial charge in [0.05, 0.1) is 13.2 Å². The van der Waals surface area contributed by atoms with Crippen molar-refractivity contribution >= 4 is 0 Å². The van der Waals surface area contributed by atoms with Crippen LogP contribution in [-0.4, -0.2) is 59.6 Å². The van der Waals surface area contributed by atoms with Gasteiger partial charge in [0.25, 0.3) is 0 Å². The number of unbranched alkanes of at least 4 members (excludes halogenated alkanes) is 6. The van der Waals surface area contributed by atoms with Crippen LogP contribution in [0.5, 0.6) is 0 Å². The van der Waals surface area contributed by atoms with Crippen molar-refractivity contribution in [2.24, 2.45) is 0 Å². The van der Waals surface area contributed by atoms with Crippen LogP contribution in [0.25, 0.3) is 0 Å². The Kier molecular flexibility index (Phi) is 11.5. The average molecular weight is 330 g/mol. The Balaban J connectivity index is 1.98. The van der Waals surface area contributed by atoms with E-state index in [2.05, 4.69) is 19.1 Å². The maximum absolute atomic E-state index is 9.98. The van der Waals surface area contributed by atoms with E-state index in [1.54, 1.807) is 0 Å². The highest BCUT2D eigenvalue weighted by Crippen LogP contribution is 2.20. The van der Waals surface area contributed by atoms with Gasteiger partial charge in [0, 0.05) is 6.61 Å². The molecule has 0 aromatic carbocycles. The van der Waals surface area contributed by atoms with E-state index in [-0.39, 0.29) is 6.61 Å². The Labute approximate surface area is 140 Å². The molecular formula is C18H34O5. The van der Waals surface area contributed by atoms with E-state index in [9.17, 15) is 10.2 Å². The maximum atomic E-state index is 9.98. The second kappa shape index (κ2) is 12.9. The van der Waals surface area contributed by atoms with Crippen LogP contribution in [0.15, 0.2) is 12.2 Å². The molecule has 1 rings (SSSR count). The number of aliphatic hydroxyl groups excluding tert-OH is 3. The van der Waals surface area contributed by atoms with Crippen LogP contribution in [0.3, 0.4) is 0 Å². The van der Waals surface area contributed by atoms with Crippen molar-refractivity contribution in [1.82, 2.24) is 0 Å². The summed E-state index contributed by atoms with van der Waals surface area (Å²) in [7, 11) is 0. The van der Waals surface area contributed by atoms with Gasteiger partial charge >= 0.3 is 0 Å². The molecule has 0 aliphatic carbocycles. The molecule has 0 radical (unpaired) electrons. The summed E-state index contributed by atoms with van der Waals surface area (Å²) < 4.78 is 10.9. The molecule has 1 aliphatic rings. The number of rotatable bonds is 13. The standard InChI is InChI=1S/C18H34O5/c1-2-3-4-5-6-7-8-9-10-11-12-22-16-14-23-18(17(16)21)15(20)13-19/h7-8,15-21H,2-6,9-14H2,1H3/b8-7+/t15-,16+,17+,18+/m0/s1. The molecule has 1 aliphatic heterocycles. The summed E-state index contributed by atoms with van der Waals surface area (Å²) in [5.41, 5.74) is 0. The lowest BCUT2D eigenvalue weighted by Gasteiger charge is -2.20. The minimum Gasteiger partial charge on any atom is -0.394 e. The van der Waals surface area contributed by atoms with Crippen LogP contribution in [0.1, 0.15) is 58.3 Å². The Bertz CT molecular complexity index is 308. The van der Waals surface area contributed by atoms with E-state index in [4.69, 9.17) is 14.6 Å². The predicted octanol–water partition coefficient (Wildman–Crippen LogP) is 2.18. The highest BCUT2D eigenvalue weighted by Gasteiger charge is 2.40. The third-order valence-corrected chi connectivity index (χ3v) is 4.22. The van der Waals surface area contributed by atoms with Crippen LogP contribution >= 0.6 is 0 Å². The highest BCUT2D eigenvalue weighted by atomic mass is 16.6. The van der Waals surface area contributed by atoms with Gasteiger partial charge in [-0.15, -0.1) is 0 Å². The molecule has 1 heterocycles. The van der Waals surface area contributed by atoms with E-state index in [0.29, 0.717) is 6.61 Å². The fourth-order valence-corrected chi connectivity index (χ4v) is 2.73. The van der Waals surface area contributed by atoms with Gasteiger partial charge in [-0.1, -0.05) is 38.3 Å². The first-order valence-corrected chi connectivity index (χ1v) is 9.05. The number of ether oxygens (including phenoxy) is 2. The number of hydrogen-bond acceptors (Lipinski definition) is 5. The zero-order chi connectivity index (χ0) is 16.9. The third-order valence-electron chi connectivity index (χ3n) is 4.22. The van der Waals surface area contributed by atoms with E-state index < -0.39 is 31.0 Å². The van der Waals surface area contributed by atoms with Crippen molar-refractivity contribution in [3.8, 4) is 0 Å². The molecule has 0 bridgehead atoms. The van der Waals surface area contributed by atoms with Crippen molar-refractivity contribution in [2.45, 2.75) is 82.7 Å². The molecule has 0 aromatic heterocycles. The van der Waals surface area contributed by atoms with Gasteiger partial charge in [-0.2, -0.15) is 0 Å². The van der Waals surface area contributed by atoms with Crippen molar-refractivity contribution in [1.29, 1.82) is 0 Å². The summed E-state index contributed by atoms with van der Waals surface area (Å²) in [6.45, 7) is 2.65. The van der Waals surface area contributed by atoms with Crippen molar-refractivity contribution in [3.05, 3.63) is 12.2 Å². The second-order valence-corrected chi connectivity index (χ2v) is 6.26. The summed E-state index contributed by atoms with van der Waals surface area (Å²) in [5, 5.41) is 28.4. The van der Waals surface area contributed by atoms with E-state index in [1.165, 1.54) is 32.1 Å². The fourth-order valence-electron chi connectivity index (χ4n) is 2.73. The quantitative estimate of drug-likeness (QED) is 0.356. The molecule has 23 heavy (non-hydrogen) atoms. The van der Waals surface area contributed by atoms with Gasteiger partial charge in [0.2, 0.25) is 0 Å². The largest absolute Gasteiger partial charge is 0.394 e. The van der Waals surface area contributed by atoms with Crippen LogP contribution in [0, 0.1) is 0 Å². The van der Waals surface area contributed by atoms with Crippen LogP contribution in [0.2, 0.25) is 0 Å². The Hall–Kier alpha value is -0.460. The molecular weight excluding hydrogens is 296 g/mol. The molecule has 1 saturated heterocycles. The Morgan fingerprint density at radius 2 is 1.83 bits per heavy atom. The molecule has 0 aromatic rings. The van der Waals surface area contributed by atoms with Crippen molar-refractivity contribution in [2.75, 3.05) is 19.8 Å². The summed E-state index contributed by atoms with van der Waals surface area (Å²) in [5.74, 6) is 0. The smallest absolute Gasteiger partial charge is 0.114 e. The monoisotopic (exact) mass is 330 g/mol. The molecule has 136 valence electrons. The van der Waals surface area contributed by atoms with Gasteiger partial charge in [-0.25, -0.2) is 0 Å². The van der Waals surface area contributed by atoms with Crippen molar-refractivity contribution in [3.63, 3.8) is 0 Å². The summed E-state index contributed by atoms with van der Waals surface area (Å²) in [4.78, 5) is 0. The van der Waals surface area contributed by atoms with Crippen LogP contribution in [0.4, 0.5) is 0 Å². The first kappa shape index (κ1) is 20.6. The zero-order valence-corrected chi connectivity index (χ0v) is 14.4. The number of aliphatic hydroxyl groups is 3. The zero-order valence-electron chi connectivity index (χ0n) is 14.4. The molecule has 0 saturated carbocycles. The minimum absolute atomic E-state index is 0.264. The fraction of sp³-hybridized carbons (Fsp3) is 0.889. The summed E-state index contributed by atoms with van der Waals surface area (Å²) >= 11 is 0. The lowest BCUT2D eigenvalue weighted by atomic mass is 10.1. The maximum Gasteiger partial charge on any atom is 0.114 e. The van der Waals surface area contributed by atoms with Crippen molar-refractivity contribution < 1.29 is 24.8 Å². The molecule has 1 fully saturated rings. The minimum atomic E-state index is -1.05. The Morgan fingerprint density at radius 3 is 2.48 bits per heavy atom. The Morgan fingerprint density at radius 1 is 1.13 bits per heavy atom. The third kappa shape index (κ3) is 8.27. The molecule has 3 N–H and O–H groups in total. The highest BCUT2D eigenvalue weighted by molar-refractivity contribution is 4.88. The average Bonchev–Trinajstić information content (AvgIpc) is 2.93. The van der Waals surface area contributed by atoms with E-state index in [0.717, 1.165) is 19.3 Å². The molecule has 0 unspecified atom stereocenters. The van der Waals surface area contributed by atoms with Gasteiger partial charge in [-0.05, 0) is 32.1 Å². The topological polar surface area (TPSA) is 79.2 Å². The first-order valence-electron chi connectivity index (χ1n) is 9.05. The second-order valence-electron chi connectivity index (χ2n) is 6.26. The normalized spacial score (nSPS) is 26.2. The van der Waals surface area contributed by atoms with E-state index in [1.807, 2.05) is 0 Å². The lowest BCUT2D eigenvalue weighted by Crippen LogP contribution is -2.41. The van der Waals surface area contributed by atoms with Crippen LogP contribution < -0.4 is 0 Å². The molecule has 5 heteroatoms. The summed E-state index contributed by atoms with van der Waals surface area (Å²) in [6.07, 6.45) is 10.9. The van der Waals surface area contributed by atoms with Gasteiger partial charge in [-0.3, -0.25) is 0 Å². The number of allylic oxidation sites excluding steroid dienone is 2. The van der Waals surface area contributed by atoms with Crippen LogP contribution in [-0.2, 0) is 9.47 Å². The van der Waals surface area contributed by atoms with Gasteiger partial charge < -0.3 is 24.8 Å². The predicted molar refractivity (Wildman–Crippen MR) is 90.3 cm³/mol. The summed E-state index contributed by atoms with van der Waals surface area (Å²) in [6, 6.07) is 0. The molecule has 5 nitrogen and oxygen atoms in total. The van der Waals surface area contributed by atoms with Gasteiger partial charge in [0.1, 0.15) is 24.4 Å². The first-order chi connectivity index (χ1) is 11.2. The number of hydrogen-bond donors (Lipinski definition) is 3.